The molecule has 0 atom stereocenters. The summed E-state index contributed by atoms with van der Waals surface area (Å²) in [6.07, 6.45) is 0.905. The Labute approximate surface area is 145 Å². The monoisotopic (exact) mass is 353 g/mol. The molecule has 5 nitrogen and oxygen atoms in total. The minimum Gasteiger partial charge on any atom is -0.495 e. The van der Waals surface area contributed by atoms with Gasteiger partial charge in [-0.1, -0.05) is 18.5 Å². The molecule has 7 heteroatoms. The van der Waals surface area contributed by atoms with Crippen molar-refractivity contribution in [3.8, 4) is 17.0 Å². The number of carbonyl (C=O) groups is 1. The zero-order chi connectivity index (χ0) is 16.8. The fourth-order valence-electron chi connectivity index (χ4n) is 2.09. The number of nitrogens with zero attached hydrogens (tertiary/aromatic N) is 1. The topological polar surface area (TPSA) is 63.2 Å². The fourth-order valence-corrected chi connectivity index (χ4v) is 3.25. The second kappa shape index (κ2) is 8.17. The predicted molar refractivity (Wildman–Crippen MR) is 94.4 cm³/mol. The smallest absolute Gasteiger partial charge is 0.315 e. The molecule has 0 spiro atoms. The molecule has 0 radical (unpaired) electrons. The van der Waals surface area contributed by atoms with E-state index < -0.39 is 0 Å². The van der Waals surface area contributed by atoms with Crippen LogP contribution in [0.25, 0.3) is 11.3 Å². The van der Waals surface area contributed by atoms with Crippen molar-refractivity contribution in [3.05, 3.63) is 33.1 Å². The van der Waals surface area contributed by atoms with Crippen LogP contribution in [0.4, 0.5) is 4.79 Å². The second-order valence-electron chi connectivity index (χ2n) is 4.96. The van der Waals surface area contributed by atoms with Gasteiger partial charge in [0.05, 0.1) is 34.3 Å². The van der Waals surface area contributed by atoms with Gasteiger partial charge in [0.1, 0.15) is 5.75 Å². The molecule has 2 rings (SSSR count). The van der Waals surface area contributed by atoms with Gasteiger partial charge in [0.25, 0.3) is 0 Å². The molecule has 2 amide bonds. The predicted octanol–water partition coefficient (Wildman–Crippen LogP) is 3.99. The number of hydrogen-bond donors (Lipinski definition) is 2. The number of urea groups is 1. The Morgan fingerprint density at radius 1 is 1.39 bits per heavy atom. The van der Waals surface area contributed by atoms with E-state index in [9.17, 15) is 4.79 Å². The van der Waals surface area contributed by atoms with Gasteiger partial charge >= 0.3 is 6.03 Å². The van der Waals surface area contributed by atoms with Gasteiger partial charge in [-0.05, 0) is 31.5 Å². The third kappa shape index (κ3) is 4.59. The van der Waals surface area contributed by atoms with Crippen LogP contribution in [0.15, 0.2) is 18.2 Å². The van der Waals surface area contributed by atoms with Crippen molar-refractivity contribution in [2.45, 2.75) is 26.8 Å². The van der Waals surface area contributed by atoms with E-state index in [-0.39, 0.29) is 6.03 Å². The Morgan fingerprint density at radius 3 is 2.83 bits per heavy atom. The number of benzene rings is 1. The lowest BCUT2D eigenvalue weighted by Gasteiger charge is -2.08. The summed E-state index contributed by atoms with van der Waals surface area (Å²) in [6.45, 7) is 5.05. The quantitative estimate of drug-likeness (QED) is 0.825. The first-order chi connectivity index (χ1) is 11.0. The van der Waals surface area contributed by atoms with Crippen molar-refractivity contribution in [1.29, 1.82) is 0 Å². The molecule has 1 aromatic heterocycles. The maximum atomic E-state index is 11.7. The third-order valence-electron chi connectivity index (χ3n) is 3.17. The SMILES string of the molecule is CCCNC(=O)NCc1sc(C)nc1-c1ccc(OC)c(Cl)c1. The van der Waals surface area contributed by atoms with Crippen molar-refractivity contribution in [3.63, 3.8) is 0 Å². The van der Waals surface area contributed by atoms with Crippen LogP contribution in [0.3, 0.4) is 0 Å². The lowest BCUT2D eigenvalue weighted by atomic mass is 10.1. The van der Waals surface area contributed by atoms with Crippen molar-refractivity contribution < 1.29 is 9.53 Å². The minimum absolute atomic E-state index is 0.170. The van der Waals surface area contributed by atoms with E-state index in [0.717, 1.165) is 27.6 Å². The average molecular weight is 354 g/mol. The number of amides is 2. The number of aromatic nitrogens is 1. The van der Waals surface area contributed by atoms with Crippen molar-refractivity contribution in [1.82, 2.24) is 15.6 Å². The highest BCUT2D eigenvalue weighted by molar-refractivity contribution is 7.12. The molecule has 124 valence electrons. The molecule has 0 aliphatic rings. The first-order valence-corrected chi connectivity index (χ1v) is 8.56. The molecular weight excluding hydrogens is 334 g/mol. The van der Waals surface area contributed by atoms with Crippen LogP contribution in [0.2, 0.25) is 5.02 Å². The molecule has 0 saturated carbocycles. The fraction of sp³-hybridized carbons (Fsp3) is 0.375. The van der Waals surface area contributed by atoms with E-state index in [1.165, 1.54) is 0 Å². The zero-order valence-corrected chi connectivity index (χ0v) is 15.0. The maximum absolute atomic E-state index is 11.7. The molecule has 0 aliphatic heterocycles. The molecule has 0 fully saturated rings. The van der Waals surface area contributed by atoms with E-state index in [1.807, 2.05) is 32.0 Å². The largest absolute Gasteiger partial charge is 0.495 e. The minimum atomic E-state index is -0.170. The number of halogens is 1. The summed E-state index contributed by atoms with van der Waals surface area (Å²) in [4.78, 5) is 17.3. The lowest BCUT2D eigenvalue weighted by molar-refractivity contribution is 0.240. The van der Waals surface area contributed by atoms with Gasteiger partial charge in [-0.25, -0.2) is 9.78 Å². The van der Waals surface area contributed by atoms with Gasteiger partial charge < -0.3 is 15.4 Å². The van der Waals surface area contributed by atoms with Crippen LogP contribution in [-0.4, -0.2) is 24.7 Å². The normalized spacial score (nSPS) is 10.4. The van der Waals surface area contributed by atoms with Gasteiger partial charge in [0.2, 0.25) is 0 Å². The Morgan fingerprint density at radius 2 is 2.17 bits per heavy atom. The van der Waals surface area contributed by atoms with E-state index in [4.69, 9.17) is 16.3 Å². The van der Waals surface area contributed by atoms with E-state index in [1.54, 1.807) is 18.4 Å². The van der Waals surface area contributed by atoms with Crippen LogP contribution < -0.4 is 15.4 Å². The Balaban J connectivity index is 2.17. The van der Waals surface area contributed by atoms with Gasteiger partial charge in [-0.2, -0.15) is 0 Å². The van der Waals surface area contributed by atoms with E-state index in [2.05, 4.69) is 15.6 Å². The number of hydrogen-bond acceptors (Lipinski definition) is 4. The summed E-state index contributed by atoms with van der Waals surface area (Å²) in [6, 6.07) is 5.39. The highest BCUT2D eigenvalue weighted by Crippen LogP contribution is 2.33. The molecular formula is C16H20ClN3O2S. The number of thiazole rings is 1. The van der Waals surface area contributed by atoms with Crippen molar-refractivity contribution in [2.24, 2.45) is 0 Å². The van der Waals surface area contributed by atoms with E-state index >= 15 is 0 Å². The molecule has 2 N–H and O–H groups in total. The average Bonchev–Trinajstić information content (AvgIpc) is 2.91. The molecule has 0 bridgehead atoms. The first kappa shape index (κ1) is 17.6. The molecule has 23 heavy (non-hydrogen) atoms. The Kier molecular flexibility index (Phi) is 6.24. The summed E-state index contributed by atoms with van der Waals surface area (Å²) >= 11 is 7.76. The molecule has 2 aromatic rings. The van der Waals surface area contributed by atoms with E-state index in [0.29, 0.717) is 23.9 Å². The third-order valence-corrected chi connectivity index (χ3v) is 4.44. The molecule has 0 unspecified atom stereocenters. The molecule has 0 aliphatic carbocycles. The van der Waals surface area contributed by atoms with Crippen LogP contribution in [-0.2, 0) is 6.54 Å². The Bertz CT molecular complexity index is 688. The molecule has 1 heterocycles. The standard InChI is InChI=1S/C16H20ClN3O2S/c1-4-7-18-16(21)19-9-14-15(20-10(2)23-14)11-5-6-13(22-3)12(17)8-11/h5-6,8H,4,7,9H2,1-3H3,(H2,18,19,21). The van der Waals surface area contributed by atoms with Crippen LogP contribution in [0, 0.1) is 6.92 Å². The van der Waals surface area contributed by atoms with Gasteiger partial charge in [-0.3, -0.25) is 0 Å². The van der Waals surface area contributed by atoms with Gasteiger partial charge in [0, 0.05) is 12.1 Å². The highest BCUT2D eigenvalue weighted by atomic mass is 35.5. The van der Waals surface area contributed by atoms with Crippen LogP contribution in [0.1, 0.15) is 23.2 Å². The van der Waals surface area contributed by atoms with Crippen molar-refractivity contribution >= 4 is 29.0 Å². The number of rotatable bonds is 6. The zero-order valence-electron chi connectivity index (χ0n) is 13.4. The number of nitrogens with one attached hydrogen (secondary N) is 2. The lowest BCUT2D eigenvalue weighted by Crippen LogP contribution is -2.35. The summed E-state index contributed by atoms with van der Waals surface area (Å²) in [7, 11) is 1.58. The van der Waals surface area contributed by atoms with Crippen LogP contribution >= 0.6 is 22.9 Å². The summed E-state index contributed by atoms with van der Waals surface area (Å²) in [5.74, 6) is 0.626. The maximum Gasteiger partial charge on any atom is 0.315 e. The summed E-state index contributed by atoms with van der Waals surface area (Å²) in [5.41, 5.74) is 1.75. The van der Waals surface area contributed by atoms with Crippen molar-refractivity contribution in [2.75, 3.05) is 13.7 Å². The Hall–Kier alpha value is -1.79. The number of ether oxygens (including phenoxy) is 1. The number of carbonyl (C=O) groups excluding carboxylic acids is 1. The van der Waals surface area contributed by atoms with Crippen LogP contribution in [0.5, 0.6) is 5.75 Å². The number of methoxy groups -OCH3 is 1. The first-order valence-electron chi connectivity index (χ1n) is 7.37. The second-order valence-corrected chi connectivity index (χ2v) is 6.66. The number of aryl methyl sites for hydroxylation is 1. The molecule has 1 aromatic carbocycles. The summed E-state index contributed by atoms with van der Waals surface area (Å²) < 4.78 is 5.17. The highest BCUT2D eigenvalue weighted by Gasteiger charge is 2.14. The summed E-state index contributed by atoms with van der Waals surface area (Å²) in [5, 5.41) is 7.13. The molecule has 0 saturated heterocycles. The van der Waals surface area contributed by atoms with Gasteiger partial charge in [0.15, 0.2) is 0 Å². The van der Waals surface area contributed by atoms with Gasteiger partial charge in [-0.15, -0.1) is 11.3 Å².